The number of rotatable bonds is 5. The Bertz CT molecular complexity index is 3510. The molecular formula is C57H39N3. The van der Waals surface area contributed by atoms with Gasteiger partial charge < -0.3 is 0 Å². The van der Waals surface area contributed by atoms with E-state index in [9.17, 15) is 0 Å². The van der Waals surface area contributed by atoms with Crippen molar-refractivity contribution >= 4 is 43.5 Å². The second kappa shape index (κ2) is 13.2. The van der Waals surface area contributed by atoms with E-state index in [0.717, 1.165) is 44.3 Å². The summed E-state index contributed by atoms with van der Waals surface area (Å²) in [4.78, 5) is 10.8. The van der Waals surface area contributed by atoms with Crippen molar-refractivity contribution in [3.63, 3.8) is 0 Å². The van der Waals surface area contributed by atoms with Gasteiger partial charge in [0.1, 0.15) is 0 Å². The van der Waals surface area contributed by atoms with Gasteiger partial charge in [-0.05, 0) is 85.1 Å². The molecule has 12 rings (SSSR count). The van der Waals surface area contributed by atoms with Crippen LogP contribution in [0.15, 0.2) is 200 Å². The molecule has 0 atom stereocenters. The number of aromatic nitrogens is 3. The number of hydrogen-bond acceptors (Lipinski definition) is 2. The average molecular weight is 766 g/mol. The van der Waals surface area contributed by atoms with Crippen molar-refractivity contribution < 1.29 is 0 Å². The predicted molar refractivity (Wildman–Crippen MR) is 251 cm³/mol. The lowest BCUT2D eigenvalue weighted by atomic mass is 9.81. The fourth-order valence-corrected chi connectivity index (χ4v) is 9.88. The number of fused-ring (bicyclic) bond motifs is 8. The fourth-order valence-electron chi connectivity index (χ4n) is 9.88. The number of benzene rings is 9. The molecule has 1 aliphatic carbocycles. The zero-order valence-corrected chi connectivity index (χ0v) is 33.4. The zero-order chi connectivity index (χ0) is 40.0. The molecule has 3 nitrogen and oxygen atoms in total. The first-order valence-corrected chi connectivity index (χ1v) is 20.7. The van der Waals surface area contributed by atoms with E-state index < -0.39 is 0 Å². The van der Waals surface area contributed by atoms with Crippen LogP contribution in [0.25, 0.3) is 105 Å². The first kappa shape index (κ1) is 34.4. The second-order valence-electron chi connectivity index (χ2n) is 16.6. The van der Waals surface area contributed by atoms with Crippen LogP contribution in [0.4, 0.5) is 0 Å². The van der Waals surface area contributed by atoms with E-state index in [1.165, 1.54) is 66.1 Å². The minimum atomic E-state index is -0.0659. The zero-order valence-electron chi connectivity index (χ0n) is 33.4. The van der Waals surface area contributed by atoms with E-state index in [4.69, 9.17) is 9.97 Å². The van der Waals surface area contributed by atoms with Gasteiger partial charge >= 0.3 is 0 Å². The van der Waals surface area contributed by atoms with Gasteiger partial charge in [0.15, 0.2) is 0 Å². The van der Waals surface area contributed by atoms with Gasteiger partial charge in [0, 0.05) is 32.7 Å². The van der Waals surface area contributed by atoms with Gasteiger partial charge in [0.25, 0.3) is 0 Å². The molecule has 3 heteroatoms. The molecule has 1 aliphatic rings. The van der Waals surface area contributed by atoms with Gasteiger partial charge in [-0.2, -0.15) is 0 Å². The second-order valence-corrected chi connectivity index (χ2v) is 16.6. The summed E-state index contributed by atoms with van der Waals surface area (Å²) in [6.07, 6.45) is 0. The van der Waals surface area contributed by atoms with Crippen LogP contribution in [0.5, 0.6) is 0 Å². The lowest BCUT2D eigenvalue weighted by Crippen LogP contribution is -2.14. The van der Waals surface area contributed by atoms with Crippen molar-refractivity contribution in [2.24, 2.45) is 0 Å². The predicted octanol–water partition coefficient (Wildman–Crippen LogP) is 14.9. The topological polar surface area (TPSA) is 30.7 Å². The van der Waals surface area contributed by atoms with Crippen molar-refractivity contribution in [1.82, 2.24) is 14.5 Å². The molecule has 282 valence electrons. The van der Waals surface area contributed by atoms with E-state index in [-0.39, 0.29) is 5.41 Å². The van der Waals surface area contributed by atoms with Crippen LogP contribution in [0.2, 0.25) is 0 Å². The summed E-state index contributed by atoms with van der Waals surface area (Å²) in [6, 6.07) is 72.5. The fraction of sp³-hybridized carbons (Fsp3) is 0.0526. The molecule has 0 N–H and O–H groups in total. The minimum absolute atomic E-state index is 0.0659. The molecule has 60 heavy (non-hydrogen) atoms. The van der Waals surface area contributed by atoms with Crippen LogP contribution in [-0.4, -0.2) is 14.5 Å². The van der Waals surface area contributed by atoms with E-state index >= 15 is 0 Å². The highest BCUT2D eigenvalue weighted by Gasteiger charge is 2.35. The number of hydrogen-bond donors (Lipinski definition) is 0. The van der Waals surface area contributed by atoms with Crippen molar-refractivity contribution in [3.8, 4) is 61.7 Å². The van der Waals surface area contributed by atoms with Crippen LogP contribution in [0.3, 0.4) is 0 Å². The Balaban J connectivity index is 1.02. The maximum atomic E-state index is 5.48. The Morgan fingerprint density at radius 1 is 0.383 bits per heavy atom. The molecule has 0 bridgehead atoms. The average Bonchev–Trinajstić information content (AvgIpc) is 3.77. The van der Waals surface area contributed by atoms with Crippen LogP contribution >= 0.6 is 0 Å². The van der Waals surface area contributed by atoms with E-state index in [1.807, 2.05) is 0 Å². The first-order chi connectivity index (χ1) is 29.5. The molecule has 11 aromatic rings. The molecule has 9 aromatic carbocycles. The highest BCUT2D eigenvalue weighted by atomic mass is 15.2. The van der Waals surface area contributed by atoms with Crippen molar-refractivity contribution in [2.75, 3.05) is 0 Å². The van der Waals surface area contributed by atoms with Crippen molar-refractivity contribution in [3.05, 3.63) is 211 Å². The number of para-hydroxylation sites is 3. The monoisotopic (exact) mass is 765 g/mol. The molecule has 0 saturated carbocycles. The Morgan fingerprint density at radius 3 is 1.88 bits per heavy atom. The molecule has 2 aromatic heterocycles. The van der Waals surface area contributed by atoms with Crippen LogP contribution in [-0.2, 0) is 5.41 Å². The Labute approximate surface area is 348 Å². The summed E-state index contributed by atoms with van der Waals surface area (Å²) in [5.41, 5.74) is 17.5. The van der Waals surface area contributed by atoms with Gasteiger partial charge in [-0.3, -0.25) is 4.57 Å². The Hall–Kier alpha value is -7.62. The summed E-state index contributed by atoms with van der Waals surface area (Å²) in [5.74, 6) is 0.650. The molecule has 0 saturated heterocycles. The summed E-state index contributed by atoms with van der Waals surface area (Å²) in [5, 5.41) is 5.85. The maximum absolute atomic E-state index is 5.48. The van der Waals surface area contributed by atoms with Crippen LogP contribution in [0, 0.1) is 0 Å². The molecule has 0 aliphatic heterocycles. The molecular weight excluding hydrogens is 727 g/mol. The highest BCUT2D eigenvalue weighted by Crippen LogP contribution is 2.50. The minimum Gasteiger partial charge on any atom is -0.277 e. The highest BCUT2D eigenvalue weighted by molar-refractivity contribution is 6.14. The standard InChI is InChI=1S/C57H39N3/c1-57(2)50-25-8-5-19-45(50)46-33-32-40(35-51(46)57)39-16-11-17-41(34-39)44-23-13-24-48-47-20-7-10-27-53(47)60(55(44)48)56-58-52-26-9-6-21-49(52)54(59-56)38-30-28-37(29-31-38)43-22-12-15-36-14-3-4-18-42(36)43/h3-35H,1-2H3. The number of nitrogens with zero attached hydrogens (tertiary/aromatic N) is 3. The summed E-state index contributed by atoms with van der Waals surface area (Å²) in [6.45, 7) is 4.69. The van der Waals surface area contributed by atoms with Gasteiger partial charge in [-0.25, -0.2) is 9.97 Å². The summed E-state index contributed by atoms with van der Waals surface area (Å²) >= 11 is 0. The van der Waals surface area contributed by atoms with E-state index in [1.54, 1.807) is 0 Å². The van der Waals surface area contributed by atoms with E-state index in [0.29, 0.717) is 5.95 Å². The van der Waals surface area contributed by atoms with Crippen LogP contribution < -0.4 is 0 Å². The smallest absolute Gasteiger partial charge is 0.235 e. The maximum Gasteiger partial charge on any atom is 0.235 e. The normalized spacial score (nSPS) is 13.0. The molecule has 0 unspecified atom stereocenters. The third kappa shape index (κ3) is 5.22. The summed E-state index contributed by atoms with van der Waals surface area (Å²) in [7, 11) is 0. The van der Waals surface area contributed by atoms with E-state index in [2.05, 4.69) is 219 Å². The van der Waals surface area contributed by atoms with Gasteiger partial charge in [0.2, 0.25) is 5.95 Å². The molecule has 0 radical (unpaired) electrons. The molecule has 0 fully saturated rings. The van der Waals surface area contributed by atoms with Crippen molar-refractivity contribution in [2.45, 2.75) is 19.3 Å². The first-order valence-electron chi connectivity index (χ1n) is 20.7. The van der Waals surface area contributed by atoms with Gasteiger partial charge in [-0.1, -0.05) is 190 Å². The molecule has 2 heterocycles. The van der Waals surface area contributed by atoms with Gasteiger partial charge in [-0.15, -0.1) is 0 Å². The lowest BCUT2D eigenvalue weighted by Gasteiger charge is -2.22. The van der Waals surface area contributed by atoms with Gasteiger partial charge in [0.05, 0.1) is 22.2 Å². The summed E-state index contributed by atoms with van der Waals surface area (Å²) < 4.78 is 2.28. The lowest BCUT2D eigenvalue weighted by molar-refractivity contribution is 0.660. The molecule has 0 spiro atoms. The third-order valence-corrected chi connectivity index (χ3v) is 12.8. The molecule has 0 amide bonds. The largest absolute Gasteiger partial charge is 0.277 e. The van der Waals surface area contributed by atoms with Crippen molar-refractivity contribution in [1.29, 1.82) is 0 Å². The SMILES string of the molecule is CC1(C)c2ccccc2-c2ccc(-c3cccc(-c4cccc5c6ccccc6n(-c6nc(-c7ccc(-c8cccc9ccccc89)cc7)c7ccccc7n6)c45)c3)cc21. The van der Waals surface area contributed by atoms with Crippen LogP contribution in [0.1, 0.15) is 25.0 Å². The Kier molecular flexibility index (Phi) is 7.58. The third-order valence-electron chi connectivity index (χ3n) is 12.8. The Morgan fingerprint density at radius 2 is 0.983 bits per heavy atom. The quantitative estimate of drug-likeness (QED) is 0.175.